The number of amides is 1. The summed E-state index contributed by atoms with van der Waals surface area (Å²) in [7, 11) is 0. The Morgan fingerprint density at radius 2 is 2.12 bits per heavy atom. The average molecular weight is 333 g/mol. The van der Waals surface area contributed by atoms with Gasteiger partial charge in [-0.1, -0.05) is 0 Å². The fourth-order valence-electron chi connectivity index (χ4n) is 2.87. The molecule has 1 N–H and O–H groups in total. The van der Waals surface area contributed by atoms with E-state index in [1.807, 2.05) is 13.0 Å². The summed E-state index contributed by atoms with van der Waals surface area (Å²) >= 11 is 0. The number of allylic oxidation sites excluding steroid dienone is 5. The first-order valence-corrected chi connectivity index (χ1v) is 7.84. The van der Waals surface area contributed by atoms with Gasteiger partial charge < -0.3 is 5.32 Å². The molecule has 3 heterocycles. The Hall–Kier alpha value is -3.35. The topological polar surface area (TPSA) is 88.7 Å². The van der Waals surface area contributed by atoms with Gasteiger partial charge in [0.25, 0.3) is 5.91 Å². The summed E-state index contributed by atoms with van der Waals surface area (Å²) in [5.74, 6) is -0.806. The first-order chi connectivity index (χ1) is 12.0. The van der Waals surface area contributed by atoms with E-state index in [-0.39, 0.29) is 11.7 Å². The van der Waals surface area contributed by atoms with Crippen LogP contribution in [0.3, 0.4) is 0 Å². The van der Waals surface area contributed by atoms with Crippen LogP contribution in [0.5, 0.6) is 0 Å². The molecule has 7 nitrogen and oxygen atoms in total. The number of nitrogens with one attached hydrogen (secondary N) is 1. The minimum absolute atomic E-state index is 0.0353. The van der Waals surface area contributed by atoms with E-state index in [1.54, 1.807) is 35.9 Å². The number of hydrogen-bond acceptors (Lipinski definition) is 5. The Bertz CT molecular complexity index is 1040. The van der Waals surface area contributed by atoms with Crippen LogP contribution in [0.15, 0.2) is 59.2 Å². The van der Waals surface area contributed by atoms with Gasteiger partial charge in [0.15, 0.2) is 11.4 Å². The molecule has 0 fully saturated rings. The molecule has 2 aromatic rings. The second-order valence-electron chi connectivity index (χ2n) is 6.01. The molecule has 124 valence electrons. The van der Waals surface area contributed by atoms with E-state index in [0.717, 1.165) is 5.69 Å². The van der Waals surface area contributed by atoms with E-state index < -0.39 is 5.92 Å². The van der Waals surface area contributed by atoms with Crippen LogP contribution in [0.2, 0.25) is 0 Å². The van der Waals surface area contributed by atoms with Gasteiger partial charge in [-0.2, -0.15) is 5.10 Å². The van der Waals surface area contributed by atoms with Crippen LogP contribution >= 0.6 is 0 Å². The van der Waals surface area contributed by atoms with Crippen molar-refractivity contribution in [3.8, 4) is 0 Å². The first-order valence-electron chi connectivity index (χ1n) is 7.84. The molecule has 1 aliphatic heterocycles. The maximum Gasteiger partial charge on any atom is 0.261 e. The number of carbonyl (C=O) groups excluding carboxylic acids is 2. The van der Waals surface area contributed by atoms with Crippen molar-refractivity contribution in [3.63, 3.8) is 0 Å². The van der Waals surface area contributed by atoms with Crippen LogP contribution in [-0.2, 0) is 4.79 Å². The Kier molecular flexibility index (Phi) is 3.42. The Labute approximate surface area is 143 Å². The number of hydrogen-bond donors (Lipinski definition) is 1. The molecule has 0 spiro atoms. The average Bonchev–Trinajstić information content (AvgIpc) is 2.98. The zero-order chi connectivity index (χ0) is 17.6. The van der Waals surface area contributed by atoms with Gasteiger partial charge in [0, 0.05) is 29.4 Å². The lowest BCUT2D eigenvalue weighted by Crippen LogP contribution is -2.29. The van der Waals surface area contributed by atoms with Crippen molar-refractivity contribution < 1.29 is 9.59 Å². The monoisotopic (exact) mass is 333 g/mol. The second-order valence-corrected chi connectivity index (χ2v) is 6.01. The molecule has 1 amide bonds. The molecule has 0 saturated carbocycles. The van der Waals surface area contributed by atoms with Crippen LogP contribution in [0.4, 0.5) is 0 Å². The summed E-state index contributed by atoms with van der Waals surface area (Å²) in [5, 5.41) is 6.95. The highest BCUT2D eigenvalue weighted by Gasteiger charge is 2.26. The highest BCUT2D eigenvalue weighted by Crippen LogP contribution is 2.21. The molecular formula is C18H15N5O2. The molecule has 2 aliphatic rings. The molecule has 0 aromatic carbocycles. The lowest BCUT2D eigenvalue weighted by molar-refractivity contribution is -0.115. The van der Waals surface area contributed by atoms with E-state index in [0.29, 0.717) is 28.3 Å². The number of aliphatic imine (C=N–C) groups is 1. The van der Waals surface area contributed by atoms with Crippen LogP contribution in [0, 0.1) is 12.8 Å². The van der Waals surface area contributed by atoms with Gasteiger partial charge in [0.05, 0.1) is 17.8 Å². The fourth-order valence-corrected chi connectivity index (χ4v) is 2.87. The number of aromatic nitrogens is 3. The number of carbonyl (C=O) groups is 2. The summed E-state index contributed by atoms with van der Waals surface area (Å²) < 4.78 is 1.55. The smallest absolute Gasteiger partial charge is 0.261 e. The third-order valence-electron chi connectivity index (χ3n) is 4.07. The zero-order valence-electron chi connectivity index (χ0n) is 13.7. The highest BCUT2D eigenvalue weighted by atomic mass is 16.1. The molecule has 7 heteroatoms. The minimum Gasteiger partial charge on any atom is -0.322 e. The molecule has 25 heavy (non-hydrogen) atoms. The number of ketones is 1. The van der Waals surface area contributed by atoms with Gasteiger partial charge in [0.1, 0.15) is 5.56 Å². The third kappa shape index (κ3) is 2.69. The van der Waals surface area contributed by atoms with E-state index in [1.165, 1.54) is 12.3 Å². The predicted octanol–water partition coefficient (Wildman–Crippen LogP) is 1.76. The molecule has 0 saturated heterocycles. The van der Waals surface area contributed by atoms with Crippen LogP contribution in [0.1, 0.15) is 23.0 Å². The van der Waals surface area contributed by atoms with Crippen molar-refractivity contribution in [1.29, 1.82) is 0 Å². The normalized spacial score (nSPS) is 19.2. The van der Waals surface area contributed by atoms with Crippen LogP contribution in [-0.4, -0.2) is 32.0 Å². The van der Waals surface area contributed by atoms with Crippen molar-refractivity contribution in [3.05, 3.63) is 65.4 Å². The quantitative estimate of drug-likeness (QED) is 0.907. The molecule has 2 aromatic heterocycles. The predicted molar refractivity (Wildman–Crippen MR) is 92.1 cm³/mol. The maximum absolute atomic E-state index is 12.6. The first kappa shape index (κ1) is 15.2. The van der Waals surface area contributed by atoms with Crippen molar-refractivity contribution in [2.75, 3.05) is 0 Å². The number of rotatable bonds is 2. The minimum atomic E-state index is -0.451. The molecule has 0 radical (unpaired) electrons. The Morgan fingerprint density at radius 3 is 2.96 bits per heavy atom. The standard InChI is InChI=1S/C18H15N5O2/c1-10-5-6-23-17(21-10)14(9-19-23)18(25)22-12-3-4-15-13(8-12)16(24)7-11(2)20-15/h3-9,13H,1-2H3,(H,22,25). The molecular weight excluding hydrogens is 318 g/mol. The number of nitrogens with zero attached hydrogens (tertiary/aromatic N) is 4. The zero-order valence-corrected chi connectivity index (χ0v) is 13.7. The Balaban J connectivity index is 1.60. The summed E-state index contributed by atoms with van der Waals surface area (Å²) in [6.45, 7) is 3.64. The molecule has 1 atom stereocenters. The summed E-state index contributed by atoms with van der Waals surface area (Å²) in [5.41, 5.74) is 3.61. The number of aryl methyl sites for hydroxylation is 1. The van der Waals surface area contributed by atoms with Gasteiger partial charge in [-0.05, 0) is 38.1 Å². The largest absolute Gasteiger partial charge is 0.322 e. The maximum atomic E-state index is 12.6. The highest BCUT2D eigenvalue weighted by molar-refractivity contribution is 6.18. The van der Waals surface area contributed by atoms with Crippen molar-refractivity contribution in [2.24, 2.45) is 10.9 Å². The van der Waals surface area contributed by atoms with E-state index >= 15 is 0 Å². The SMILES string of the molecule is CC1=CC(=O)C2C=C(NC(=O)c3cnn4ccc(C)nc34)C=CC2=N1. The van der Waals surface area contributed by atoms with E-state index in [4.69, 9.17) is 0 Å². The fraction of sp³-hybridized carbons (Fsp3) is 0.167. The van der Waals surface area contributed by atoms with Gasteiger partial charge in [-0.25, -0.2) is 9.50 Å². The molecule has 0 bridgehead atoms. The molecule has 1 unspecified atom stereocenters. The van der Waals surface area contributed by atoms with Gasteiger partial charge >= 0.3 is 0 Å². The van der Waals surface area contributed by atoms with Gasteiger partial charge in [0.2, 0.25) is 0 Å². The summed E-state index contributed by atoms with van der Waals surface area (Å²) in [6, 6.07) is 1.82. The lowest BCUT2D eigenvalue weighted by atomic mass is 9.90. The van der Waals surface area contributed by atoms with Gasteiger partial charge in [-0.15, -0.1) is 0 Å². The van der Waals surface area contributed by atoms with Crippen LogP contribution in [0.25, 0.3) is 5.65 Å². The molecule has 4 rings (SSSR count). The Morgan fingerprint density at radius 1 is 1.28 bits per heavy atom. The van der Waals surface area contributed by atoms with Gasteiger partial charge in [-0.3, -0.25) is 14.6 Å². The molecule has 1 aliphatic carbocycles. The van der Waals surface area contributed by atoms with E-state index in [9.17, 15) is 9.59 Å². The summed E-state index contributed by atoms with van der Waals surface area (Å²) in [6.07, 6.45) is 9.96. The number of fused-ring (bicyclic) bond motifs is 2. The second kappa shape index (κ2) is 5.62. The van der Waals surface area contributed by atoms with Crippen LogP contribution < -0.4 is 5.32 Å². The van der Waals surface area contributed by atoms with Crippen molar-refractivity contribution in [1.82, 2.24) is 19.9 Å². The van der Waals surface area contributed by atoms with Crippen molar-refractivity contribution in [2.45, 2.75) is 13.8 Å². The lowest BCUT2D eigenvalue weighted by Gasteiger charge is -2.20. The van der Waals surface area contributed by atoms with Crippen molar-refractivity contribution >= 4 is 23.0 Å². The van der Waals surface area contributed by atoms with E-state index in [2.05, 4.69) is 20.4 Å². The summed E-state index contributed by atoms with van der Waals surface area (Å²) in [4.78, 5) is 33.4. The third-order valence-corrected chi connectivity index (χ3v) is 4.07.